The second kappa shape index (κ2) is 21.7. The average Bonchev–Trinajstić information content (AvgIpc) is 3.14. The molecule has 2 saturated heterocycles. The van der Waals surface area contributed by atoms with Gasteiger partial charge in [0.15, 0.2) is 0 Å². The molecule has 2 fully saturated rings. The van der Waals surface area contributed by atoms with Crippen LogP contribution in [0.4, 0.5) is 0 Å². The van der Waals surface area contributed by atoms with Gasteiger partial charge in [0.2, 0.25) is 0 Å². The SMILES string of the molecule is CCc1ccc(CN2CCN(Cc3cccc(Cl)c3)CC2)cc1.CCc1ccc(CN2CCN(Cc3cccc(Cl)c3)CC2)cc1.O=C(O)C(=O)O. The van der Waals surface area contributed by atoms with Crippen molar-refractivity contribution in [2.24, 2.45) is 0 Å². The van der Waals surface area contributed by atoms with Crippen molar-refractivity contribution in [3.05, 3.63) is 140 Å². The molecule has 0 spiro atoms. The molecule has 0 amide bonds. The van der Waals surface area contributed by atoms with Crippen molar-refractivity contribution in [1.82, 2.24) is 19.6 Å². The number of hydrogen-bond acceptors (Lipinski definition) is 6. The lowest BCUT2D eigenvalue weighted by Gasteiger charge is -2.34. The van der Waals surface area contributed by atoms with Crippen molar-refractivity contribution in [3.63, 3.8) is 0 Å². The van der Waals surface area contributed by atoms with Gasteiger partial charge in [0, 0.05) is 88.6 Å². The molecule has 2 aliphatic heterocycles. The number of rotatable bonds is 10. The van der Waals surface area contributed by atoms with E-state index in [1.54, 1.807) is 0 Å². The van der Waals surface area contributed by atoms with Crippen molar-refractivity contribution in [3.8, 4) is 0 Å². The molecule has 2 aliphatic rings. The van der Waals surface area contributed by atoms with Crippen molar-refractivity contribution < 1.29 is 19.8 Å². The summed E-state index contributed by atoms with van der Waals surface area (Å²) in [6, 6.07) is 34.5. The zero-order valence-corrected chi connectivity index (χ0v) is 31.9. The fourth-order valence-electron chi connectivity index (χ4n) is 6.28. The highest BCUT2D eigenvalue weighted by atomic mass is 35.5. The molecule has 0 radical (unpaired) electrons. The van der Waals surface area contributed by atoms with E-state index in [0.29, 0.717) is 0 Å². The molecule has 2 N–H and O–H groups in total. The van der Waals surface area contributed by atoms with Gasteiger partial charge in [-0.1, -0.05) is 110 Å². The lowest BCUT2D eigenvalue weighted by atomic mass is 10.1. The Morgan fingerprint density at radius 2 is 0.731 bits per heavy atom. The molecular weight excluding hydrogens is 695 g/mol. The summed E-state index contributed by atoms with van der Waals surface area (Å²) in [6.07, 6.45) is 2.23. The molecule has 0 bridgehead atoms. The Labute approximate surface area is 319 Å². The first-order valence-electron chi connectivity index (χ1n) is 18.1. The largest absolute Gasteiger partial charge is 0.473 e. The second-order valence-corrected chi connectivity index (χ2v) is 14.2. The monoisotopic (exact) mass is 746 g/mol. The Kier molecular flexibility index (Phi) is 17.1. The van der Waals surface area contributed by atoms with Gasteiger partial charge >= 0.3 is 11.9 Å². The molecule has 4 aromatic carbocycles. The molecular formula is C42H52Cl2N4O4. The van der Waals surface area contributed by atoms with Gasteiger partial charge in [0.1, 0.15) is 0 Å². The number of hydrogen-bond donors (Lipinski definition) is 2. The topological polar surface area (TPSA) is 87.6 Å². The lowest BCUT2D eigenvalue weighted by Crippen LogP contribution is -2.45. The summed E-state index contributed by atoms with van der Waals surface area (Å²) in [5, 5.41) is 16.4. The van der Waals surface area contributed by atoms with Gasteiger partial charge in [-0.2, -0.15) is 0 Å². The number of aryl methyl sites for hydroxylation is 2. The fraction of sp³-hybridized carbons (Fsp3) is 0.381. The minimum Gasteiger partial charge on any atom is -0.473 e. The van der Waals surface area contributed by atoms with E-state index >= 15 is 0 Å². The van der Waals surface area contributed by atoms with Crippen LogP contribution in [0.25, 0.3) is 0 Å². The number of carbonyl (C=O) groups is 2. The third kappa shape index (κ3) is 14.7. The maximum Gasteiger partial charge on any atom is 0.414 e. The molecule has 0 atom stereocenters. The number of benzene rings is 4. The standard InChI is InChI=1S/2C20H25ClN2.C2H2O4/c2*1-2-17-6-8-18(9-7-17)15-22-10-12-23(13-11-22)16-19-4-3-5-20(21)14-19;3-1(4)2(5)6/h2*3-9,14H,2,10-13,15-16H2,1H3;(H,3,4)(H,5,6). The summed E-state index contributed by atoms with van der Waals surface area (Å²) in [7, 11) is 0. The summed E-state index contributed by atoms with van der Waals surface area (Å²) in [6.45, 7) is 17.6. The average molecular weight is 748 g/mol. The summed E-state index contributed by atoms with van der Waals surface area (Å²) >= 11 is 12.1. The molecule has 6 rings (SSSR count). The normalized spacial score (nSPS) is 15.5. The number of carboxylic acids is 2. The molecule has 0 aromatic heterocycles. The van der Waals surface area contributed by atoms with Gasteiger partial charge in [-0.25, -0.2) is 9.59 Å². The van der Waals surface area contributed by atoms with Gasteiger partial charge in [-0.3, -0.25) is 19.6 Å². The molecule has 0 aliphatic carbocycles. The fourth-order valence-corrected chi connectivity index (χ4v) is 6.70. The molecule has 278 valence electrons. The molecule has 2 heterocycles. The Hall–Kier alpha value is -3.76. The van der Waals surface area contributed by atoms with Crippen LogP contribution in [-0.2, 0) is 48.6 Å². The first-order valence-corrected chi connectivity index (χ1v) is 18.9. The number of carboxylic acid groups (broad SMARTS) is 2. The smallest absolute Gasteiger partial charge is 0.414 e. The third-order valence-corrected chi connectivity index (χ3v) is 9.85. The molecule has 8 nitrogen and oxygen atoms in total. The van der Waals surface area contributed by atoms with Crippen molar-refractivity contribution >= 4 is 35.1 Å². The third-order valence-electron chi connectivity index (χ3n) is 9.38. The van der Waals surface area contributed by atoms with Crippen molar-refractivity contribution in [1.29, 1.82) is 0 Å². The summed E-state index contributed by atoms with van der Waals surface area (Å²) in [5.74, 6) is -3.65. The zero-order valence-electron chi connectivity index (χ0n) is 30.4. The highest BCUT2D eigenvalue weighted by Crippen LogP contribution is 2.17. The predicted molar refractivity (Wildman–Crippen MR) is 211 cm³/mol. The van der Waals surface area contributed by atoms with Crippen LogP contribution in [0.2, 0.25) is 10.0 Å². The number of nitrogens with zero attached hydrogens (tertiary/aromatic N) is 4. The lowest BCUT2D eigenvalue weighted by molar-refractivity contribution is -0.159. The Morgan fingerprint density at radius 3 is 0.981 bits per heavy atom. The van der Waals surface area contributed by atoms with E-state index in [4.69, 9.17) is 43.0 Å². The van der Waals surface area contributed by atoms with Crippen LogP contribution >= 0.6 is 23.2 Å². The highest BCUT2D eigenvalue weighted by Gasteiger charge is 2.18. The minimum atomic E-state index is -1.82. The van der Waals surface area contributed by atoms with Gasteiger partial charge in [0.25, 0.3) is 0 Å². The summed E-state index contributed by atoms with van der Waals surface area (Å²) in [5.41, 5.74) is 8.29. The summed E-state index contributed by atoms with van der Waals surface area (Å²) < 4.78 is 0. The first-order chi connectivity index (χ1) is 25.1. The maximum absolute atomic E-state index is 9.10. The van der Waals surface area contributed by atoms with Crippen LogP contribution in [-0.4, -0.2) is 94.1 Å². The maximum atomic E-state index is 9.10. The van der Waals surface area contributed by atoms with Crippen LogP contribution in [0.3, 0.4) is 0 Å². The van der Waals surface area contributed by atoms with Crippen LogP contribution in [0.5, 0.6) is 0 Å². The Morgan fingerprint density at radius 1 is 0.462 bits per heavy atom. The van der Waals surface area contributed by atoms with Gasteiger partial charge in [-0.05, 0) is 70.5 Å². The van der Waals surface area contributed by atoms with E-state index in [1.165, 1.54) is 33.4 Å². The second-order valence-electron chi connectivity index (χ2n) is 13.3. The van der Waals surface area contributed by atoms with Crippen molar-refractivity contribution in [2.45, 2.75) is 52.9 Å². The minimum absolute atomic E-state index is 0.830. The zero-order chi connectivity index (χ0) is 37.3. The quantitative estimate of drug-likeness (QED) is 0.161. The summed E-state index contributed by atoms with van der Waals surface area (Å²) in [4.78, 5) is 28.3. The first kappa shape index (κ1) is 41.0. The molecule has 0 unspecified atom stereocenters. The van der Waals surface area contributed by atoms with Gasteiger partial charge in [-0.15, -0.1) is 0 Å². The number of aliphatic carboxylic acids is 2. The highest BCUT2D eigenvalue weighted by molar-refractivity contribution is 6.30. The van der Waals surface area contributed by atoms with Crippen molar-refractivity contribution in [2.75, 3.05) is 52.4 Å². The van der Waals surface area contributed by atoms with E-state index in [0.717, 1.165) is 101 Å². The Balaban J connectivity index is 0.000000202. The molecule has 52 heavy (non-hydrogen) atoms. The van der Waals surface area contributed by atoms with Gasteiger partial charge in [0.05, 0.1) is 0 Å². The van der Waals surface area contributed by atoms with E-state index in [-0.39, 0.29) is 0 Å². The van der Waals surface area contributed by atoms with E-state index < -0.39 is 11.9 Å². The molecule has 0 saturated carbocycles. The predicted octanol–water partition coefficient (Wildman–Crippen LogP) is 7.60. The van der Waals surface area contributed by atoms with Crippen LogP contribution in [0, 0.1) is 0 Å². The van der Waals surface area contributed by atoms with Gasteiger partial charge < -0.3 is 10.2 Å². The van der Waals surface area contributed by atoms with E-state index in [9.17, 15) is 0 Å². The van der Waals surface area contributed by atoms with Crippen LogP contribution in [0.1, 0.15) is 47.2 Å². The number of piperazine rings is 2. The van der Waals surface area contributed by atoms with Crippen LogP contribution < -0.4 is 0 Å². The Bertz CT molecular complexity index is 1550. The van der Waals surface area contributed by atoms with Crippen LogP contribution in [0.15, 0.2) is 97.1 Å². The number of halogens is 2. The van der Waals surface area contributed by atoms with E-state index in [1.807, 2.05) is 24.3 Å². The molecule has 4 aromatic rings. The van der Waals surface area contributed by atoms with E-state index in [2.05, 4.69) is 106 Å². The molecule has 10 heteroatoms.